The summed E-state index contributed by atoms with van der Waals surface area (Å²) in [4.78, 5) is 37.0. The van der Waals surface area contributed by atoms with Gasteiger partial charge in [0.25, 0.3) is 5.91 Å². The van der Waals surface area contributed by atoms with Gasteiger partial charge in [-0.25, -0.2) is 9.18 Å². The van der Waals surface area contributed by atoms with Crippen molar-refractivity contribution in [3.8, 4) is 5.75 Å². The number of hydrogen-bond acceptors (Lipinski definition) is 4. The number of aromatic nitrogens is 1. The zero-order chi connectivity index (χ0) is 23.1. The lowest BCUT2D eigenvalue weighted by molar-refractivity contribution is -0.145. The lowest BCUT2D eigenvalue weighted by atomic mass is 10.0. The number of carbonyl (C=O) groups excluding carboxylic acids is 2. The Morgan fingerprint density at radius 3 is 2.35 bits per heavy atom. The third kappa shape index (κ3) is 4.25. The van der Waals surface area contributed by atoms with Crippen molar-refractivity contribution < 1.29 is 29.0 Å². The number of nitrogens with zero attached hydrogens (tertiary/aromatic N) is 1. The molecular weight excluding hydrogens is 427 g/mol. The minimum atomic E-state index is -1.49. The van der Waals surface area contributed by atoms with Crippen molar-refractivity contribution in [3.63, 3.8) is 0 Å². The van der Waals surface area contributed by atoms with Crippen molar-refractivity contribution in [1.29, 1.82) is 0 Å². The second-order valence-corrected chi connectivity index (χ2v) is 8.09. The van der Waals surface area contributed by atoms with E-state index in [4.69, 9.17) is 11.6 Å². The number of hydrogen-bond donors (Lipinski definition) is 3. The molecule has 3 N–H and O–H groups in total. The average molecular weight is 447 g/mol. The van der Waals surface area contributed by atoms with Crippen LogP contribution >= 0.6 is 11.6 Å². The Morgan fingerprint density at radius 1 is 1.16 bits per heavy atom. The Morgan fingerprint density at radius 2 is 1.77 bits per heavy atom. The fraction of sp³-hybridized carbons (Fsp3) is 0.227. The van der Waals surface area contributed by atoms with Crippen LogP contribution in [0.2, 0.25) is 5.02 Å². The summed E-state index contributed by atoms with van der Waals surface area (Å²) in [7, 11) is 0. The van der Waals surface area contributed by atoms with Gasteiger partial charge in [-0.1, -0.05) is 11.6 Å². The van der Waals surface area contributed by atoms with E-state index in [0.717, 1.165) is 12.1 Å². The lowest BCUT2D eigenvalue weighted by Crippen LogP contribution is -2.50. The monoisotopic (exact) mass is 446 g/mol. The summed E-state index contributed by atoms with van der Waals surface area (Å²) in [6, 6.07) is 7.76. The van der Waals surface area contributed by atoms with E-state index in [0.29, 0.717) is 22.2 Å². The lowest BCUT2D eigenvalue weighted by Gasteiger charge is -2.21. The minimum Gasteiger partial charge on any atom is -0.506 e. The largest absolute Gasteiger partial charge is 0.506 e. The molecule has 0 saturated carbocycles. The topological polar surface area (TPSA) is 109 Å². The summed E-state index contributed by atoms with van der Waals surface area (Å²) < 4.78 is 14.6. The molecule has 1 aromatic heterocycles. The van der Waals surface area contributed by atoms with Crippen LogP contribution in [0.15, 0.2) is 36.4 Å². The highest BCUT2D eigenvalue weighted by Gasteiger charge is 2.30. The number of nitrogens with one attached hydrogen (secondary N) is 1. The molecule has 9 heteroatoms. The van der Waals surface area contributed by atoms with E-state index in [1.165, 1.54) is 42.7 Å². The number of halogens is 2. The van der Waals surface area contributed by atoms with Crippen LogP contribution in [0.25, 0.3) is 10.9 Å². The highest BCUT2D eigenvalue weighted by atomic mass is 35.5. The van der Waals surface area contributed by atoms with Gasteiger partial charge in [0.1, 0.15) is 17.1 Å². The maximum atomic E-state index is 13.3. The maximum Gasteiger partial charge on any atom is 0.328 e. The molecule has 0 unspecified atom stereocenters. The summed E-state index contributed by atoms with van der Waals surface area (Å²) in [5, 5.41) is 22.2. The zero-order valence-corrected chi connectivity index (χ0v) is 17.7. The molecule has 0 aliphatic carbocycles. The van der Waals surface area contributed by atoms with Crippen LogP contribution in [0.1, 0.15) is 35.5 Å². The summed E-state index contributed by atoms with van der Waals surface area (Å²) in [5.41, 5.74) is -0.0763. The van der Waals surface area contributed by atoms with Crippen LogP contribution in [0.3, 0.4) is 0 Å². The van der Waals surface area contributed by atoms with Gasteiger partial charge in [0, 0.05) is 16.6 Å². The van der Waals surface area contributed by atoms with Gasteiger partial charge < -0.3 is 15.5 Å². The molecule has 0 aliphatic heterocycles. The molecular formula is C22H20ClFN2O5. The van der Waals surface area contributed by atoms with Gasteiger partial charge in [0.2, 0.25) is 5.91 Å². The summed E-state index contributed by atoms with van der Waals surface area (Å²) in [6.07, 6.45) is -0.232. The summed E-state index contributed by atoms with van der Waals surface area (Å²) in [6.45, 7) is 4.33. The number of rotatable bonds is 5. The van der Waals surface area contributed by atoms with E-state index in [2.05, 4.69) is 5.32 Å². The Kier molecular flexibility index (Phi) is 5.78. The van der Waals surface area contributed by atoms with Gasteiger partial charge in [0.15, 0.2) is 0 Å². The number of amides is 1. The number of carboxylic acid groups (broad SMARTS) is 1. The molecule has 0 bridgehead atoms. The molecule has 162 valence electrons. The van der Waals surface area contributed by atoms with Crippen LogP contribution < -0.4 is 5.32 Å². The number of carbonyl (C=O) groups is 3. The molecule has 0 fully saturated rings. The summed E-state index contributed by atoms with van der Waals surface area (Å²) in [5.74, 6) is -2.96. The molecule has 3 aromatic rings. The van der Waals surface area contributed by atoms with Crippen molar-refractivity contribution >= 4 is 40.3 Å². The molecule has 1 heterocycles. The van der Waals surface area contributed by atoms with E-state index >= 15 is 0 Å². The van der Waals surface area contributed by atoms with Crippen molar-refractivity contribution in [3.05, 3.63) is 64.1 Å². The average Bonchev–Trinajstić information content (AvgIpc) is 2.92. The van der Waals surface area contributed by atoms with Crippen LogP contribution in [-0.2, 0) is 16.0 Å². The SMILES string of the molecule is Cc1c(CC(=O)NC(C)(C)C(=O)O)c2cc(O)c(Cl)cc2n1C(=O)c1ccc(F)cc1. The van der Waals surface area contributed by atoms with Crippen LogP contribution in [0.5, 0.6) is 5.75 Å². The normalized spacial score (nSPS) is 11.5. The van der Waals surface area contributed by atoms with Crippen molar-refractivity contribution in [2.75, 3.05) is 0 Å². The maximum absolute atomic E-state index is 13.3. The van der Waals surface area contributed by atoms with Crippen molar-refractivity contribution in [1.82, 2.24) is 9.88 Å². The third-order valence-electron chi connectivity index (χ3n) is 5.02. The van der Waals surface area contributed by atoms with Gasteiger partial charge in [0.05, 0.1) is 17.0 Å². The first-order valence-electron chi connectivity index (χ1n) is 9.29. The quantitative estimate of drug-likeness (QED) is 0.554. The summed E-state index contributed by atoms with van der Waals surface area (Å²) >= 11 is 6.05. The van der Waals surface area contributed by atoms with Crippen molar-refractivity contribution in [2.24, 2.45) is 0 Å². The molecule has 1 amide bonds. The second kappa shape index (κ2) is 8.03. The minimum absolute atomic E-state index is 0.0150. The Labute approximate surface area is 182 Å². The molecule has 0 saturated heterocycles. The van der Waals surface area contributed by atoms with Crippen LogP contribution in [-0.4, -0.2) is 38.1 Å². The molecule has 0 radical (unpaired) electrons. The molecule has 3 rings (SSSR count). The number of carboxylic acids is 1. The number of aromatic hydroxyl groups is 1. The van der Waals surface area contributed by atoms with E-state index in [1.807, 2.05) is 0 Å². The second-order valence-electron chi connectivity index (χ2n) is 7.69. The van der Waals surface area contributed by atoms with Crippen molar-refractivity contribution in [2.45, 2.75) is 32.7 Å². The van der Waals surface area contributed by atoms with E-state index < -0.39 is 29.1 Å². The van der Waals surface area contributed by atoms with Gasteiger partial charge in [-0.2, -0.15) is 0 Å². The fourth-order valence-corrected chi connectivity index (χ4v) is 3.46. The fourth-order valence-electron chi connectivity index (χ4n) is 3.30. The molecule has 2 aromatic carbocycles. The Hall–Kier alpha value is -3.39. The molecule has 0 atom stereocenters. The van der Waals surface area contributed by atoms with Gasteiger partial charge in [-0.3, -0.25) is 14.2 Å². The Balaban J connectivity index is 2.12. The number of fused-ring (bicyclic) bond motifs is 1. The van der Waals surface area contributed by atoms with Crippen LogP contribution in [0, 0.1) is 12.7 Å². The first-order valence-corrected chi connectivity index (χ1v) is 9.67. The predicted octanol–water partition coefficient (Wildman–Crippen LogP) is 3.66. The molecule has 0 aliphatic rings. The third-order valence-corrected chi connectivity index (χ3v) is 5.32. The first-order chi connectivity index (χ1) is 14.4. The van der Waals surface area contributed by atoms with E-state index in [9.17, 15) is 29.0 Å². The van der Waals surface area contributed by atoms with E-state index in [1.54, 1.807) is 6.92 Å². The van der Waals surface area contributed by atoms with Gasteiger partial charge in [-0.15, -0.1) is 0 Å². The molecule has 31 heavy (non-hydrogen) atoms. The smallest absolute Gasteiger partial charge is 0.328 e. The number of phenols is 1. The highest BCUT2D eigenvalue weighted by molar-refractivity contribution is 6.33. The predicted molar refractivity (Wildman–Crippen MR) is 113 cm³/mol. The zero-order valence-electron chi connectivity index (χ0n) is 17.0. The number of aliphatic carboxylic acids is 1. The molecule has 7 nitrogen and oxygen atoms in total. The van der Waals surface area contributed by atoms with Crippen LogP contribution in [0.4, 0.5) is 4.39 Å². The first kappa shape index (κ1) is 22.3. The van der Waals surface area contributed by atoms with Gasteiger partial charge in [-0.05, 0) is 62.7 Å². The molecule has 0 spiro atoms. The number of phenolic OH excluding ortho intramolecular Hbond substituents is 1. The Bertz CT molecular complexity index is 1220. The highest BCUT2D eigenvalue weighted by Crippen LogP contribution is 2.35. The number of benzene rings is 2. The standard InChI is InChI=1S/C22H20ClFN2O5/c1-11-14(9-19(28)25-22(2,3)21(30)31)15-8-18(27)16(23)10-17(15)26(11)20(29)12-4-6-13(24)7-5-12/h4-8,10,27H,9H2,1-3H3,(H,25,28)(H,30,31). The van der Waals surface area contributed by atoms with Gasteiger partial charge >= 0.3 is 5.97 Å². The van der Waals surface area contributed by atoms with E-state index in [-0.39, 0.29) is 22.8 Å².